The standard InChI is InChI=1S/C16H23NO2/c1-3-13-7-6-8-14(11-13)19-16-10-5-4-9-15(16)12(2)17-18/h4-5,9-10,13-14,18H,3,6-8,11H2,1-2H3. The average Bonchev–Trinajstić information content (AvgIpc) is 2.47. The van der Waals surface area contributed by atoms with Gasteiger partial charge in [0.25, 0.3) is 0 Å². The molecule has 1 N–H and O–H groups in total. The van der Waals surface area contributed by atoms with Crippen molar-refractivity contribution in [1.29, 1.82) is 0 Å². The van der Waals surface area contributed by atoms with Gasteiger partial charge in [-0.15, -0.1) is 0 Å². The molecule has 3 nitrogen and oxygen atoms in total. The molecule has 1 aromatic carbocycles. The minimum Gasteiger partial charge on any atom is -0.490 e. The second-order valence-electron chi connectivity index (χ2n) is 5.36. The molecule has 0 saturated heterocycles. The van der Waals surface area contributed by atoms with Crippen LogP contribution in [0.5, 0.6) is 5.75 Å². The van der Waals surface area contributed by atoms with Gasteiger partial charge in [-0.05, 0) is 44.2 Å². The van der Waals surface area contributed by atoms with Crippen LogP contribution in [-0.4, -0.2) is 17.0 Å². The quantitative estimate of drug-likeness (QED) is 0.500. The summed E-state index contributed by atoms with van der Waals surface area (Å²) >= 11 is 0. The fourth-order valence-electron chi connectivity index (χ4n) is 2.82. The third-order valence-corrected chi connectivity index (χ3v) is 4.03. The van der Waals surface area contributed by atoms with Crippen LogP contribution in [0.15, 0.2) is 29.4 Å². The summed E-state index contributed by atoms with van der Waals surface area (Å²) in [6, 6.07) is 7.79. The highest BCUT2D eigenvalue weighted by atomic mass is 16.5. The zero-order valence-corrected chi connectivity index (χ0v) is 11.8. The Morgan fingerprint density at radius 3 is 2.89 bits per heavy atom. The Kier molecular flexibility index (Phi) is 4.83. The van der Waals surface area contributed by atoms with Crippen molar-refractivity contribution in [3.8, 4) is 5.75 Å². The van der Waals surface area contributed by atoms with Crippen molar-refractivity contribution >= 4 is 5.71 Å². The van der Waals surface area contributed by atoms with E-state index in [0.717, 1.165) is 30.1 Å². The smallest absolute Gasteiger partial charge is 0.128 e. The third-order valence-electron chi connectivity index (χ3n) is 4.03. The topological polar surface area (TPSA) is 41.8 Å². The van der Waals surface area contributed by atoms with Crippen molar-refractivity contribution in [1.82, 2.24) is 0 Å². The summed E-state index contributed by atoms with van der Waals surface area (Å²) in [5.74, 6) is 1.62. The van der Waals surface area contributed by atoms with Gasteiger partial charge in [0.05, 0.1) is 11.8 Å². The van der Waals surface area contributed by atoms with Crippen molar-refractivity contribution in [3.05, 3.63) is 29.8 Å². The molecule has 0 bridgehead atoms. The molecule has 0 heterocycles. The van der Waals surface area contributed by atoms with Crippen LogP contribution >= 0.6 is 0 Å². The number of nitrogens with zero attached hydrogens (tertiary/aromatic N) is 1. The predicted octanol–water partition coefficient (Wildman–Crippen LogP) is 4.23. The largest absolute Gasteiger partial charge is 0.490 e. The van der Waals surface area contributed by atoms with Gasteiger partial charge in [0.2, 0.25) is 0 Å². The van der Waals surface area contributed by atoms with Crippen LogP contribution in [0, 0.1) is 5.92 Å². The van der Waals surface area contributed by atoms with E-state index in [1.165, 1.54) is 19.3 Å². The number of rotatable bonds is 4. The van der Waals surface area contributed by atoms with E-state index in [4.69, 9.17) is 9.94 Å². The first kappa shape index (κ1) is 13.9. The summed E-state index contributed by atoms with van der Waals surface area (Å²) < 4.78 is 6.15. The van der Waals surface area contributed by atoms with Crippen LogP contribution in [-0.2, 0) is 0 Å². The van der Waals surface area contributed by atoms with Gasteiger partial charge in [0, 0.05) is 5.56 Å². The molecule has 1 aromatic rings. The Morgan fingerprint density at radius 1 is 1.37 bits per heavy atom. The molecule has 0 amide bonds. The van der Waals surface area contributed by atoms with Crippen molar-refractivity contribution in [3.63, 3.8) is 0 Å². The van der Waals surface area contributed by atoms with Gasteiger partial charge in [0.1, 0.15) is 5.75 Å². The third kappa shape index (κ3) is 3.49. The molecule has 1 aliphatic carbocycles. The first-order valence-corrected chi connectivity index (χ1v) is 7.19. The number of ether oxygens (including phenoxy) is 1. The molecule has 0 radical (unpaired) electrons. The normalized spacial score (nSPS) is 24.2. The van der Waals surface area contributed by atoms with Gasteiger partial charge < -0.3 is 9.94 Å². The molecule has 2 unspecified atom stereocenters. The second-order valence-corrected chi connectivity index (χ2v) is 5.36. The van der Waals surface area contributed by atoms with E-state index in [2.05, 4.69) is 12.1 Å². The molecule has 0 spiro atoms. The van der Waals surface area contributed by atoms with Gasteiger partial charge in [0.15, 0.2) is 0 Å². The molecule has 104 valence electrons. The van der Waals surface area contributed by atoms with Crippen LogP contribution in [0.4, 0.5) is 0 Å². The molecule has 0 aromatic heterocycles. The van der Waals surface area contributed by atoms with E-state index >= 15 is 0 Å². The maximum absolute atomic E-state index is 8.93. The van der Waals surface area contributed by atoms with Crippen LogP contribution < -0.4 is 4.74 Å². The SMILES string of the molecule is CCC1CCCC(Oc2ccccc2C(C)=NO)C1. The minimum atomic E-state index is 0.298. The van der Waals surface area contributed by atoms with E-state index in [9.17, 15) is 0 Å². The summed E-state index contributed by atoms with van der Waals surface area (Å²) in [6.07, 6.45) is 6.37. The van der Waals surface area contributed by atoms with Crippen LogP contribution in [0.2, 0.25) is 0 Å². The molecule has 19 heavy (non-hydrogen) atoms. The van der Waals surface area contributed by atoms with Crippen LogP contribution in [0.25, 0.3) is 0 Å². The molecule has 1 aliphatic rings. The van der Waals surface area contributed by atoms with Crippen molar-refractivity contribution in [2.75, 3.05) is 0 Å². The maximum Gasteiger partial charge on any atom is 0.128 e. The fraction of sp³-hybridized carbons (Fsp3) is 0.562. The minimum absolute atomic E-state index is 0.298. The fourth-order valence-corrected chi connectivity index (χ4v) is 2.82. The number of benzene rings is 1. The number of para-hydroxylation sites is 1. The van der Waals surface area contributed by atoms with Crippen molar-refractivity contribution in [2.45, 2.75) is 52.1 Å². The Morgan fingerprint density at radius 2 is 2.16 bits per heavy atom. The summed E-state index contributed by atoms with van der Waals surface area (Å²) in [5, 5.41) is 12.2. The van der Waals surface area contributed by atoms with Gasteiger partial charge >= 0.3 is 0 Å². The van der Waals surface area contributed by atoms with E-state index in [1.54, 1.807) is 6.92 Å². The lowest BCUT2D eigenvalue weighted by molar-refractivity contribution is 0.122. The van der Waals surface area contributed by atoms with E-state index in [0.29, 0.717) is 11.8 Å². The molecular formula is C16H23NO2. The van der Waals surface area contributed by atoms with Crippen LogP contribution in [0.3, 0.4) is 0 Å². The summed E-state index contributed by atoms with van der Waals surface area (Å²) in [5.41, 5.74) is 1.47. The molecular weight excluding hydrogens is 238 g/mol. The highest BCUT2D eigenvalue weighted by molar-refractivity contribution is 6.00. The zero-order chi connectivity index (χ0) is 13.7. The van der Waals surface area contributed by atoms with E-state index in [-0.39, 0.29) is 0 Å². The molecule has 1 saturated carbocycles. The first-order chi connectivity index (χ1) is 9.24. The highest BCUT2D eigenvalue weighted by Crippen LogP contribution is 2.30. The lowest BCUT2D eigenvalue weighted by atomic mass is 9.85. The molecule has 3 heteroatoms. The number of hydrogen-bond acceptors (Lipinski definition) is 3. The Bertz CT molecular complexity index is 442. The monoisotopic (exact) mass is 261 g/mol. The molecule has 1 fully saturated rings. The molecule has 0 aliphatic heterocycles. The maximum atomic E-state index is 8.93. The lowest BCUT2D eigenvalue weighted by Crippen LogP contribution is -2.25. The summed E-state index contributed by atoms with van der Waals surface area (Å²) in [4.78, 5) is 0. The highest BCUT2D eigenvalue weighted by Gasteiger charge is 2.23. The van der Waals surface area contributed by atoms with E-state index in [1.807, 2.05) is 24.3 Å². The summed E-state index contributed by atoms with van der Waals surface area (Å²) in [7, 11) is 0. The van der Waals surface area contributed by atoms with Crippen molar-refractivity contribution in [2.24, 2.45) is 11.1 Å². The molecule has 2 atom stereocenters. The Hall–Kier alpha value is -1.51. The summed E-state index contributed by atoms with van der Waals surface area (Å²) in [6.45, 7) is 4.04. The zero-order valence-electron chi connectivity index (χ0n) is 11.8. The Balaban J connectivity index is 2.10. The number of hydrogen-bond donors (Lipinski definition) is 1. The van der Waals surface area contributed by atoms with Crippen LogP contribution in [0.1, 0.15) is 51.5 Å². The van der Waals surface area contributed by atoms with Gasteiger partial charge in [-0.3, -0.25) is 0 Å². The van der Waals surface area contributed by atoms with Gasteiger partial charge in [-0.2, -0.15) is 0 Å². The second kappa shape index (κ2) is 6.60. The predicted molar refractivity (Wildman–Crippen MR) is 77.1 cm³/mol. The first-order valence-electron chi connectivity index (χ1n) is 7.19. The van der Waals surface area contributed by atoms with E-state index < -0.39 is 0 Å². The van der Waals surface area contributed by atoms with Gasteiger partial charge in [-0.1, -0.05) is 37.1 Å². The molecule has 2 rings (SSSR count). The average molecular weight is 261 g/mol. The lowest BCUT2D eigenvalue weighted by Gasteiger charge is -2.29. The van der Waals surface area contributed by atoms with Gasteiger partial charge in [-0.25, -0.2) is 0 Å². The Labute approximate surface area is 115 Å². The van der Waals surface area contributed by atoms with Crippen molar-refractivity contribution < 1.29 is 9.94 Å². The number of oxime groups is 1.